The van der Waals surface area contributed by atoms with E-state index in [1.807, 2.05) is 17.4 Å². The average Bonchev–Trinajstić information content (AvgIpc) is 3.61. The third-order valence-electron chi connectivity index (χ3n) is 9.02. The van der Waals surface area contributed by atoms with E-state index >= 15 is 0 Å². The Morgan fingerprint density at radius 3 is 2.50 bits per heavy atom. The maximum Gasteiger partial charge on any atom is 0.229 e. The molecule has 4 nitrogen and oxygen atoms in total. The third kappa shape index (κ3) is 3.60. The third-order valence-corrected chi connectivity index (χ3v) is 10.2. The molecule has 0 fully saturated rings. The molecule has 0 radical (unpaired) electrons. The van der Waals surface area contributed by atoms with Crippen molar-refractivity contribution in [3.05, 3.63) is 160 Å². The summed E-state index contributed by atoms with van der Waals surface area (Å²) in [4.78, 5) is 14.4. The number of allylic oxidation sites excluding steroid dienone is 5. The number of nitrogens with zero attached hydrogens (tertiary/aromatic N) is 3. The average molecular weight is 561 g/mol. The number of benzene rings is 3. The maximum absolute atomic E-state index is 5.33. The number of aliphatic imine (C=N–C) groups is 2. The van der Waals surface area contributed by atoms with Gasteiger partial charge >= 0.3 is 0 Å². The molecule has 2 aliphatic heterocycles. The predicted octanol–water partition coefficient (Wildman–Crippen LogP) is 8.13. The summed E-state index contributed by atoms with van der Waals surface area (Å²) in [6.45, 7) is 0. The van der Waals surface area contributed by atoms with Crippen LogP contribution in [-0.2, 0) is 0 Å². The van der Waals surface area contributed by atoms with E-state index in [0.29, 0.717) is 0 Å². The monoisotopic (exact) mass is 560 g/mol. The maximum atomic E-state index is 5.33. The van der Waals surface area contributed by atoms with E-state index in [2.05, 4.69) is 132 Å². The smallest absolute Gasteiger partial charge is 0.229 e. The summed E-state index contributed by atoms with van der Waals surface area (Å²) in [6, 6.07) is 29.9. The molecule has 3 aromatic carbocycles. The number of thiophene rings is 1. The van der Waals surface area contributed by atoms with Gasteiger partial charge in [0.05, 0.1) is 6.04 Å². The van der Waals surface area contributed by atoms with Gasteiger partial charge in [-0.1, -0.05) is 115 Å². The Morgan fingerprint density at radius 1 is 0.833 bits per heavy atom. The number of amidine groups is 1. The summed E-state index contributed by atoms with van der Waals surface area (Å²) < 4.78 is 1.36. The van der Waals surface area contributed by atoms with Crippen LogP contribution in [0.3, 0.4) is 0 Å². The fourth-order valence-electron chi connectivity index (χ4n) is 7.16. The molecule has 0 amide bonds. The molecule has 4 atom stereocenters. The van der Waals surface area contributed by atoms with Crippen LogP contribution < -0.4 is 5.32 Å². The van der Waals surface area contributed by atoms with E-state index in [9.17, 15) is 0 Å². The van der Waals surface area contributed by atoms with Crippen molar-refractivity contribution in [3.8, 4) is 0 Å². The molecular formula is C37H28N4S. The molecule has 0 spiro atoms. The number of hydrogen-bond donors (Lipinski definition) is 1. The second kappa shape index (κ2) is 9.40. The fraction of sp³-hybridized carbons (Fsp3) is 0.135. The highest BCUT2D eigenvalue weighted by molar-refractivity contribution is 7.20. The van der Waals surface area contributed by atoms with Gasteiger partial charge < -0.3 is 10.2 Å². The molecule has 5 heteroatoms. The van der Waals surface area contributed by atoms with Gasteiger partial charge in [0.1, 0.15) is 12.0 Å². The van der Waals surface area contributed by atoms with Gasteiger partial charge in [-0.15, -0.1) is 11.3 Å². The number of fused-ring (bicyclic) bond motifs is 8. The Kier molecular flexibility index (Phi) is 5.35. The quantitative estimate of drug-likeness (QED) is 0.269. The first-order valence-corrected chi connectivity index (χ1v) is 15.5. The van der Waals surface area contributed by atoms with E-state index in [1.165, 1.54) is 37.4 Å². The van der Waals surface area contributed by atoms with Gasteiger partial charge in [0.25, 0.3) is 0 Å². The van der Waals surface area contributed by atoms with Crippen molar-refractivity contribution < 1.29 is 0 Å². The van der Waals surface area contributed by atoms with E-state index < -0.39 is 0 Å². The highest BCUT2D eigenvalue weighted by atomic mass is 32.1. The highest BCUT2D eigenvalue weighted by Gasteiger charge is 2.46. The van der Waals surface area contributed by atoms with Crippen LogP contribution in [0.4, 0.5) is 0 Å². The first-order chi connectivity index (χ1) is 20.8. The molecule has 42 heavy (non-hydrogen) atoms. The molecule has 0 saturated carbocycles. The van der Waals surface area contributed by atoms with Crippen molar-refractivity contribution in [2.45, 2.75) is 24.5 Å². The van der Waals surface area contributed by atoms with Gasteiger partial charge in [0.2, 0.25) is 5.96 Å². The normalized spacial score (nSPS) is 25.2. The highest BCUT2D eigenvalue weighted by Crippen LogP contribution is 2.54. The van der Waals surface area contributed by atoms with Gasteiger partial charge in [0.15, 0.2) is 0 Å². The molecule has 9 rings (SSSR count). The lowest BCUT2D eigenvalue weighted by Gasteiger charge is -2.38. The standard InChI is InChI=1S/C37H28N4S/c1-3-11-23(12-4-1)35-38-36(24-13-5-2-6-14-24)40-37(39-35)41-30-17-9-7-15-25(30)27-20-19-26-28(34(27)41)21-22-32-33(26)29-16-8-10-18-31(29)42-32/h1-16,18-22,26,28,30,35H,17H2,(H,38,39,40)/t26-,28?,30?,35?/m1/s1. The SMILES string of the molecule is C1=CCC2C(=C1)C1=C(C3C=Cc4sc5ccccc5c4[C@@H]3C=C1)N2C1=NC(c2ccccc2)NC(c2ccccc2)=N1. The van der Waals surface area contributed by atoms with Crippen molar-refractivity contribution in [1.29, 1.82) is 0 Å². The van der Waals surface area contributed by atoms with Crippen molar-refractivity contribution in [2.75, 3.05) is 0 Å². The second-order valence-corrected chi connectivity index (χ2v) is 12.4. The van der Waals surface area contributed by atoms with Gasteiger partial charge in [0, 0.05) is 32.7 Å². The molecular weight excluding hydrogens is 533 g/mol. The summed E-state index contributed by atoms with van der Waals surface area (Å²) in [7, 11) is 0. The summed E-state index contributed by atoms with van der Waals surface area (Å²) in [5.74, 6) is 2.13. The molecule has 0 bridgehead atoms. The number of guanidine groups is 1. The van der Waals surface area contributed by atoms with Crippen molar-refractivity contribution >= 4 is 39.3 Å². The van der Waals surface area contributed by atoms with E-state index in [0.717, 1.165) is 29.3 Å². The molecule has 3 aliphatic carbocycles. The van der Waals surface area contributed by atoms with Crippen LogP contribution in [0, 0.1) is 5.92 Å². The topological polar surface area (TPSA) is 40.0 Å². The summed E-state index contributed by atoms with van der Waals surface area (Å²) in [5, 5.41) is 5.01. The van der Waals surface area contributed by atoms with Crippen LogP contribution in [0.5, 0.6) is 0 Å². The molecule has 1 N–H and O–H groups in total. The second-order valence-electron chi connectivity index (χ2n) is 11.3. The lowest BCUT2D eigenvalue weighted by atomic mass is 9.75. The molecule has 202 valence electrons. The summed E-state index contributed by atoms with van der Waals surface area (Å²) in [6.07, 6.45) is 17.1. The zero-order valence-corrected chi connectivity index (χ0v) is 23.7. The molecule has 5 aliphatic rings. The Bertz CT molecular complexity index is 1950. The van der Waals surface area contributed by atoms with Crippen molar-refractivity contribution in [1.82, 2.24) is 10.2 Å². The predicted molar refractivity (Wildman–Crippen MR) is 173 cm³/mol. The zero-order valence-electron chi connectivity index (χ0n) is 22.9. The van der Waals surface area contributed by atoms with Crippen LogP contribution in [0.25, 0.3) is 16.2 Å². The Morgan fingerprint density at radius 2 is 1.62 bits per heavy atom. The first kappa shape index (κ1) is 23.9. The van der Waals surface area contributed by atoms with Gasteiger partial charge in [-0.2, -0.15) is 4.99 Å². The molecule has 0 saturated heterocycles. The van der Waals surface area contributed by atoms with E-state index in [4.69, 9.17) is 9.98 Å². The van der Waals surface area contributed by atoms with Gasteiger partial charge in [-0.05, 0) is 46.2 Å². The van der Waals surface area contributed by atoms with Gasteiger partial charge in [-0.3, -0.25) is 0 Å². The van der Waals surface area contributed by atoms with Crippen LogP contribution in [0.1, 0.15) is 40.1 Å². The largest absolute Gasteiger partial charge is 0.344 e. The first-order valence-electron chi connectivity index (χ1n) is 14.7. The lowest BCUT2D eigenvalue weighted by Crippen LogP contribution is -2.43. The Labute approximate surface area is 249 Å². The van der Waals surface area contributed by atoms with Crippen molar-refractivity contribution in [3.63, 3.8) is 0 Å². The number of hydrogen-bond acceptors (Lipinski definition) is 5. The van der Waals surface area contributed by atoms with Crippen LogP contribution in [-0.4, -0.2) is 22.7 Å². The minimum Gasteiger partial charge on any atom is -0.344 e. The molecule has 3 unspecified atom stereocenters. The molecule has 4 aromatic rings. The molecule has 3 heterocycles. The van der Waals surface area contributed by atoms with Crippen LogP contribution in [0.15, 0.2) is 148 Å². The lowest BCUT2D eigenvalue weighted by molar-refractivity contribution is 0.391. The Hall–Kier alpha value is -4.74. The van der Waals surface area contributed by atoms with Crippen molar-refractivity contribution in [2.24, 2.45) is 15.9 Å². The van der Waals surface area contributed by atoms with Crippen LogP contribution in [0.2, 0.25) is 0 Å². The zero-order chi connectivity index (χ0) is 27.6. The number of nitrogens with one attached hydrogen (secondary N) is 1. The minimum absolute atomic E-state index is 0.173. The van der Waals surface area contributed by atoms with E-state index in [-0.39, 0.29) is 24.0 Å². The number of rotatable bonds is 2. The minimum atomic E-state index is -0.227. The summed E-state index contributed by atoms with van der Waals surface area (Å²) in [5.41, 5.74) is 7.66. The van der Waals surface area contributed by atoms with Gasteiger partial charge in [-0.25, -0.2) is 4.99 Å². The fourth-order valence-corrected chi connectivity index (χ4v) is 8.33. The summed E-state index contributed by atoms with van der Waals surface area (Å²) >= 11 is 1.90. The van der Waals surface area contributed by atoms with Crippen LogP contribution >= 0.6 is 11.3 Å². The van der Waals surface area contributed by atoms with E-state index in [1.54, 1.807) is 0 Å². The molecule has 1 aromatic heterocycles. The Balaban J connectivity index is 1.21.